The van der Waals surface area contributed by atoms with Gasteiger partial charge >= 0.3 is 0 Å². The predicted molar refractivity (Wildman–Crippen MR) is 130 cm³/mol. The molecular formula is C25H26ClN3O4. The molecule has 2 amide bonds. The molecule has 0 spiro atoms. The lowest BCUT2D eigenvalue weighted by molar-refractivity contribution is -0.129. The second kappa shape index (κ2) is 10.6. The molecule has 172 valence electrons. The summed E-state index contributed by atoms with van der Waals surface area (Å²) in [6.45, 7) is 3.47. The van der Waals surface area contributed by atoms with Crippen LogP contribution in [0.5, 0.6) is 5.75 Å². The SMILES string of the molecule is CN(CC(=O)Nc1ccc(N2CCOCC2)cc1)C(=O)/C=C/C1=Cc2cc(Cl)ccc2OC1. The van der Waals surface area contributed by atoms with Gasteiger partial charge in [-0.15, -0.1) is 0 Å². The molecule has 0 bridgehead atoms. The Bertz CT molecular complexity index is 1080. The van der Waals surface area contributed by atoms with Gasteiger partial charge in [-0.3, -0.25) is 9.59 Å². The van der Waals surface area contributed by atoms with Crippen LogP contribution >= 0.6 is 11.6 Å². The molecule has 1 saturated heterocycles. The first-order chi connectivity index (χ1) is 16.0. The third-order valence-corrected chi connectivity index (χ3v) is 5.67. The quantitative estimate of drug-likeness (QED) is 0.657. The van der Waals surface area contributed by atoms with Crippen molar-refractivity contribution in [1.82, 2.24) is 4.90 Å². The second-order valence-corrected chi connectivity index (χ2v) is 8.35. The van der Waals surface area contributed by atoms with Gasteiger partial charge in [0.2, 0.25) is 11.8 Å². The number of hydrogen-bond acceptors (Lipinski definition) is 5. The Labute approximate surface area is 198 Å². The fraction of sp³-hybridized carbons (Fsp3) is 0.280. The van der Waals surface area contributed by atoms with E-state index in [0.29, 0.717) is 17.3 Å². The Morgan fingerprint density at radius 2 is 1.91 bits per heavy atom. The summed E-state index contributed by atoms with van der Waals surface area (Å²) >= 11 is 6.03. The molecule has 2 heterocycles. The van der Waals surface area contributed by atoms with E-state index < -0.39 is 0 Å². The van der Waals surface area contributed by atoms with Crippen molar-refractivity contribution in [2.24, 2.45) is 0 Å². The van der Waals surface area contributed by atoms with Crippen LogP contribution in [-0.4, -0.2) is 63.2 Å². The number of hydrogen-bond donors (Lipinski definition) is 1. The molecule has 2 aromatic carbocycles. The Morgan fingerprint density at radius 3 is 2.67 bits per heavy atom. The summed E-state index contributed by atoms with van der Waals surface area (Å²) in [5.41, 5.74) is 3.50. The molecule has 7 nitrogen and oxygen atoms in total. The van der Waals surface area contributed by atoms with Crippen molar-refractivity contribution in [3.8, 4) is 5.75 Å². The van der Waals surface area contributed by atoms with Gasteiger partial charge in [-0.05, 0) is 54.1 Å². The number of benzene rings is 2. The molecule has 8 heteroatoms. The number of anilines is 2. The van der Waals surface area contributed by atoms with Crippen molar-refractivity contribution in [2.75, 3.05) is 56.7 Å². The van der Waals surface area contributed by atoms with E-state index >= 15 is 0 Å². The first-order valence-electron chi connectivity index (χ1n) is 10.8. The number of nitrogens with zero attached hydrogens (tertiary/aromatic N) is 2. The van der Waals surface area contributed by atoms with Crippen LogP contribution in [0.1, 0.15) is 5.56 Å². The summed E-state index contributed by atoms with van der Waals surface area (Å²) in [5, 5.41) is 3.46. The number of carbonyl (C=O) groups is 2. The van der Waals surface area contributed by atoms with E-state index in [1.807, 2.05) is 42.5 Å². The largest absolute Gasteiger partial charge is 0.488 e. The van der Waals surface area contributed by atoms with Crippen LogP contribution in [0.25, 0.3) is 6.08 Å². The molecule has 0 saturated carbocycles. The highest BCUT2D eigenvalue weighted by Gasteiger charge is 2.14. The molecule has 2 aliphatic rings. The fourth-order valence-corrected chi connectivity index (χ4v) is 3.82. The topological polar surface area (TPSA) is 71.1 Å². The molecule has 0 unspecified atom stereocenters. The van der Waals surface area contributed by atoms with Crippen LogP contribution in [0.15, 0.2) is 60.2 Å². The Kier molecular flexibility index (Phi) is 7.32. The van der Waals surface area contributed by atoms with Crippen molar-refractivity contribution < 1.29 is 19.1 Å². The van der Waals surface area contributed by atoms with E-state index in [4.69, 9.17) is 21.1 Å². The first-order valence-corrected chi connectivity index (χ1v) is 11.1. The zero-order chi connectivity index (χ0) is 23.2. The first kappa shape index (κ1) is 22.9. The van der Waals surface area contributed by atoms with Crippen LogP contribution in [-0.2, 0) is 14.3 Å². The summed E-state index contributed by atoms with van der Waals surface area (Å²) in [5.74, 6) is 0.224. The number of ether oxygens (including phenoxy) is 2. The number of rotatable bonds is 6. The standard InChI is InChI=1S/C25H26ClN3O4/c1-28(25(31)9-2-18-14-19-15-20(26)3-8-23(19)33-17-18)16-24(30)27-21-4-6-22(7-5-21)29-10-12-32-13-11-29/h2-9,14-15H,10-13,16-17H2,1H3,(H,27,30)/b9-2+. The smallest absolute Gasteiger partial charge is 0.246 e. The number of nitrogens with one attached hydrogen (secondary N) is 1. The number of morpholine rings is 1. The highest BCUT2D eigenvalue weighted by Crippen LogP contribution is 2.29. The maximum Gasteiger partial charge on any atom is 0.246 e. The van der Waals surface area contributed by atoms with E-state index in [0.717, 1.165) is 48.9 Å². The lowest BCUT2D eigenvalue weighted by Gasteiger charge is -2.28. The van der Waals surface area contributed by atoms with E-state index in [1.54, 1.807) is 19.2 Å². The molecule has 0 atom stereocenters. The van der Waals surface area contributed by atoms with Crippen LogP contribution in [0.2, 0.25) is 5.02 Å². The normalized spacial score (nSPS) is 15.5. The second-order valence-electron chi connectivity index (χ2n) is 7.91. The summed E-state index contributed by atoms with van der Waals surface area (Å²) in [7, 11) is 1.59. The minimum Gasteiger partial charge on any atom is -0.488 e. The summed E-state index contributed by atoms with van der Waals surface area (Å²) in [6.07, 6.45) is 5.07. The molecule has 2 aliphatic heterocycles. The summed E-state index contributed by atoms with van der Waals surface area (Å²) in [6, 6.07) is 13.1. The average Bonchev–Trinajstić information content (AvgIpc) is 2.83. The van der Waals surface area contributed by atoms with E-state index in [2.05, 4.69) is 10.2 Å². The van der Waals surface area contributed by atoms with Crippen molar-refractivity contribution >= 4 is 40.9 Å². The van der Waals surface area contributed by atoms with Crippen molar-refractivity contribution in [3.63, 3.8) is 0 Å². The predicted octanol–water partition coefficient (Wildman–Crippen LogP) is 3.61. The Morgan fingerprint density at radius 1 is 1.15 bits per heavy atom. The minimum atomic E-state index is -0.273. The molecule has 0 aliphatic carbocycles. The highest BCUT2D eigenvalue weighted by molar-refractivity contribution is 6.30. The monoisotopic (exact) mass is 467 g/mol. The van der Waals surface area contributed by atoms with Crippen LogP contribution in [0.3, 0.4) is 0 Å². The van der Waals surface area contributed by atoms with Gasteiger partial charge in [0.25, 0.3) is 0 Å². The van der Waals surface area contributed by atoms with E-state index in [1.165, 1.54) is 11.0 Å². The lowest BCUT2D eigenvalue weighted by Crippen LogP contribution is -2.36. The Balaban J connectivity index is 1.28. The van der Waals surface area contributed by atoms with Gasteiger partial charge in [-0.2, -0.15) is 0 Å². The number of amides is 2. The lowest BCUT2D eigenvalue weighted by atomic mass is 10.1. The number of halogens is 1. The molecule has 1 N–H and O–H groups in total. The van der Waals surface area contributed by atoms with Crippen molar-refractivity contribution in [1.29, 1.82) is 0 Å². The fourth-order valence-electron chi connectivity index (χ4n) is 3.64. The number of likely N-dealkylation sites (N-methyl/N-ethyl adjacent to an activating group) is 1. The molecule has 4 rings (SSSR count). The zero-order valence-electron chi connectivity index (χ0n) is 18.4. The Hall–Kier alpha value is -3.29. The van der Waals surface area contributed by atoms with Gasteiger partial charge in [0.05, 0.1) is 19.8 Å². The number of fused-ring (bicyclic) bond motifs is 1. The summed E-state index contributed by atoms with van der Waals surface area (Å²) < 4.78 is 11.1. The van der Waals surface area contributed by atoms with Crippen LogP contribution in [0, 0.1) is 0 Å². The van der Waals surface area contributed by atoms with Crippen LogP contribution in [0.4, 0.5) is 11.4 Å². The highest BCUT2D eigenvalue weighted by atomic mass is 35.5. The third-order valence-electron chi connectivity index (χ3n) is 5.43. The third kappa shape index (κ3) is 6.15. The molecule has 1 fully saturated rings. The average molecular weight is 468 g/mol. The van der Waals surface area contributed by atoms with Gasteiger partial charge in [0.1, 0.15) is 12.4 Å². The van der Waals surface area contributed by atoms with Crippen molar-refractivity contribution in [3.05, 3.63) is 70.8 Å². The van der Waals surface area contributed by atoms with E-state index in [9.17, 15) is 9.59 Å². The maximum atomic E-state index is 12.4. The van der Waals surface area contributed by atoms with Crippen molar-refractivity contribution in [2.45, 2.75) is 0 Å². The van der Waals surface area contributed by atoms with Gasteiger partial charge in [0, 0.05) is 48.2 Å². The van der Waals surface area contributed by atoms with Gasteiger partial charge < -0.3 is 24.6 Å². The summed E-state index contributed by atoms with van der Waals surface area (Å²) in [4.78, 5) is 28.4. The number of carbonyl (C=O) groups excluding carboxylic acids is 2. The van der Waals surface area contributed by atoms with E-state index in [-0.39, 0.29) is 18.4 Å². The maximum absolute atomic E-state index is 12.4. The molecule has 33 heavy (non-hydrogen) atoms. The molecule has 2 aromatic rings. The van der Waals surface area contributed by atoms with Gasteiger partial charge in [-0.25, -0.2) is 0 Å². The van der Waals surface area contributed by atoms with Gasteiger partial charge in [0.15, 0.2) is 0 Å². The molecular weight excluding hydrogens is 442 g/mol. The van der Waals surface area contributed by atoms with Crippen LogP contribution < -0.4 is 15.0 Å². The minimum absolute atomic E-state index is 0.0532. The zero-order valence-corrected chi connectivity index (χ0v) is 19.2. The molecule has 0 radical (unpaired) electrons. The molecule has 0 aromatic heterocycles. The van der Waals surface area contributed by atoms with Gasteiger partial charge in [-0.1, -0.05) is 17.7 Å².